The van der Waals surface area contributed by atoms with E-state index in [1.165, 1.54) is 32.2 Å². The van der Waals surface area contributed by atoms with Crippen molar-refractivity contribution in [2.45, 2.75) is 31.9 Å². The van der Waals surface area contributed by atoms with E-state index in [0.29, 0.717) is 6.23 Å². The highest BCUT2D eigenvalue weighted by Gasteiger charge is 2.44. The van der Waals surface area contributed by atoms with Gasteiger partial charge in [0, 0.05) is 19.1 Å². The van der Waals surface area contributed by atoms with Gasteiger partial charge in [-0.05, 0) is 31.1 Å². The Balaban J connectivity index is 1.81. The Hall–Kier alpha value is -0.0800. The van der Waals surface area contributed by atoms with Crippen LogP contribution in [0.25, 0.3) is 0 Å². The number of nitrogens with one attached hydrogen (secondary N) is 1. The average Bonchev–Trinajstić information content (AvgIpc) is 2.71. The first kappa shape index (κ1) is 7.34. The second kappa shape index (κ2) is 2.71. The third-order valence-electron chi connectivity index (χ3n) is 3.99. The molecule has 2 heteroatoms. The first-order chi connectivity index (χ1) is 5.95. The van der Waals surface area contributed by atoms with Gasteiger partial charge >= 0.3 is 0 Å². The standard InChI is InChI=1S/C10H17NO/c1-2-7-6-11-10-9(4-5-12-10)8(7)3-1/h7-11H,1-6H2. The van der Waals surface area contributed by atoms with Gasteiger partial charge in [-0.15, -0.1) is 0 Å². The van der Waals surface area contributed by atoms with Gasteiger partial charge in [0.25, 0.3) is 0 Å². The number of hydrogen-bond acceptors (Lipinski definition) is 2. The maximum Gasteiger partial charge on any atom is 0.111 e. The van der Waals surface area contributed by atoms with Crippen molar-refractivity contribution in [2.24, 2.45) is 17.8 Å². The zero-order valence-electron chi connectivity index (χ0n) is 7.46. The summed E-state index contributed by atoms with van der Waals surface area (Å²) >= 11 is 0. The number of rotatable bonds is 0. The monoisotopic (exact) mass is 167 g/mol. The van der Waals surface area contributed by atoms with Gasteiger partial charge in [0.15, 0.2) is 0 Å². The molecule has 3 fully saturated rings. The lowest BCUT2D eigenvalue weighted by Crippen LogP contribution is -2.47. The minimum Gasteiger partial charge on any atom is -0.363 e. The molecule has 0 radical (unpaired) electrons. The van der Waals surface area contributed by atoms with Gasteiger partial charge in [0.1, 0.15) is 6.23 Å². The smallest absolute Gasteiger partial charge is 0.111 e. The Kier molecular flexibility index (Phi) is 1.66. The zero-order valence-corrected chi connectivity index (χ0v) is 7.46. The molecule has 4 unspecified atom stereocenters. The summed E-state index contributed by atoms with van der Waals surface area (Å²) in [5.74, 6) is 2.83. The average molecular weight is 167 g/mol. The van der Waals surface area contributed by atoms with Crippen LogP contribution in [0.15, 0.2) is 0 Å². The lowest BCUT2D eigenvalue weighted by Gasteiger charge is -2.35. The molecule has 12 heavy (non-hydrogen) atoms. The molecule has 0 aromatic carbocycles. The van der Waals surface area contributed by atoms with Crippen molar-refractivity contribution in [3.05, 3.63) is 0 Å². The number of fused-ring (bicyclic) bond motifs is 3. The first-order valence-electron chi connectivity index (χ1n) is 5.30. The maximum atomic E-state index is 5.65. The summed E-state index contributed by atoms with van der Waals surface area (Å²) in [5.41, 5.74) is 0. The van der Waals surface area contributed by atoms with Crippen LogP contribution in [0.3, 0.4) is 0 Å². The molecule has 4 atom stereocenters. The minimum absolute atomic E-state index is 0.421. The molecule has 0 aromatic rings. The first-order valence-corrected chi connectivity index (χ1v) is 5.30. The Labute approximate surface area is 73.7 Å². The van der Waals surface area contributed by atoms with Gasteiger partial charge in [-0.25, -0.2) is 0 Å². The van der Waals surface area contributed by atoms with Crippen molar-refractivity contribution in [3.63, 3.8) is 0 Å². The third-order valence-corrected chi connectivity index (χ3v) is 3.99. The summed E-state index contributed by atoms with van der Waals surface area (Å²) in [4.78, 5) is 0. The predicted molar refractivity (Wildman–Crippen MR) is 46.7 cm³/mol. The van der Waals surface area contributed by atoms with Crippen LogP contribution < -0.4 is 5.32 Å². The molecule has 3 aliphatic rings. The van der Waals surface area contributed by atoms with Crippen LogP contribution in [0, 0.1) is 17.8 Å². The molecule has 2 nitrogen and oxygen atoms in total. The van der Waals surface area contributed by atoms with E-state index in [2.05, 4.69) is 5.32 Å². The van der Waals surface area contributed by atoms with Crippen LogP contribution in [-0.4, -0.2) is 19.4 Å². The number of ether oxygens (including phenoxy) is 1. The summed E-state index contributed by atoms with van der Waals surface area (Å²) in [6.45, 7) is 2.21. The van der Waals surface area contributed by atoms with Gasteiger partial charge in [-0.3, -0.25) is 5.32 Å². The highest BCUT2D eigenvalue weighted by atomic mass is 16.5. The van der Waals surface area contributed by atoms with Crippen LogP contribution in [0.5, 0.6) is 0 Å². The van der Waals surface area contributed by atoms with Crippen molar-refractivity contribution in [1.29, 1.82) is 0 Å². The molecule has 1 aliphatic carbocycles. The number of hydrogen-bond donors (Lipinski definition) is 1. The summed E-state index contributed by atoms with van der Waals surface area (Å²) in [5, 5.41) is 3.53. The fourth-order valence-corrected chi connectivity index (χ4v) is 3.41. The highest BCUT2D eigenvalue weighted by Crippen LogP contribution is 2.44. The minimum atomic E-state index is 0.421. The normalized spacial score (nSPS) is 52.0. The van der Waals surface area contributed by atoms with E-state index in [9.17, 15) is 0 Å². The van der Waals surface area contributed by atoms with E-state index in [0.717, 1.165) is 24.4 Å². The van der Waals surface area contributed by atoms with Crippen molar-refractivity contribution < 1.29 is 4.74 Å². The SMILES string of the molecule is C1CC2CNC3OCCC3C2C1. The molecule has 0 bridgehead atoms. The highest BCUT2D eigenvalue weighted by molar-refractivity contribution is 4.93. The van der Waals surface area contributed by atoms with E-state index in [1.54, 1.807) is 0 Å². The topological polar surface area (TPSA) is 21.3 Å². The molecule has 3 rings (SSSR count). The zero-order chi connectivity index (χ0) is 7.97. The quantitative estimate of drug-likeness (QED) is 0.588. The lowest BCUT2D eigenvalue weighted by atomic mass is 9.79. The summed E-state index contributed by atoms with van der Waals surface area (Å²) < 4.78 is 5.65. The van der Waals surface area contributed by atoms with E-state index in [4.69, 9.17) is 4.74 Å². The predicted octanol–water partition coefficient (Wildman–Crippen LogP) is 1.37. The molecular formula is C10H17NO. The van der Waals surface area contributed by atoms with Crippen LogP contribution >= 0.6 is 0 Å². The van der Waals surface area contributed by atoms with Crippen molar-refractivity contribution in [2.75, 3.05) is 13.2 Å². The van der Waals surface area contributed by atoms with Gasteiger partial charge in [-0.2, -0.15) is 0 Å². The Bertz CT molecular complexity index is 163. The van der Waals surface area contributed by atoms with Gasteiger partial charge in [0.05, 0.1) is 0 Å². The van der Waals surface area contributed by atoms with Crippen molar-refractivity contribution in [3.8, 4) is 0 Å². The van der Waals surface area contributed by atoms with Gasteiger partial charge < -0.3 is 4.74 Å². The molecule has 0 spiro atoms. The van der Waals surface area contributed by atoms with Crippen LogP contribution in [0.4, 0.5) is 0 Å². The molecule has 0 aromatic heterocycles. The maximum absolute atomic E-state index is 5.65. The van der Waals surface area contributed by atoms with E-state index >= 15 is 0 Å². The Morgan fingerprint density at radius 1 is 1.08 bits per heavy atom. The molecule has 2 saturated heterocycles. The van der Waals surface area contributed by atoms with Crippen molar-refractivity contribution in [1.82, 2.24) is 5.32 Å². The second-order valence-corrected chi connectivity index (χ2v) is 4.51. The molecule has 1 N–H and O–H groups in total. The molecule has 2 aliphatic heterocycles. The summed E-state index contributed by atoms with van der Waals surface area (Å²) in [7, 11) is 0. The summed E-state index contributed by atoms with van der Waals surface area (Å²) in [6, 6.07) is 0. The summed E-state index contributed by atoms with van der Waals surface area (Å²) in [6.07, 6.45) is 6.11. The fraction of sp³-hybridized carbons (Fsp3) is 1.00. The fourth-order valence-electron chi connectivity index (χ4n) is 3.41. The van der Waals surface area contributed by atoms with E-state index < -0.39 is 0 Å². The van der Waals surface area contributed by atoms with Crippen molar-refractivity contribution >= 4 is 0 Å². The molecule has 68 valence electrons. The van der Waals surface area contributed by atoms with E-state index in [-0.39, 0.29) is 0 Å². The van der Waals surface area contributed by atoms with Crippen LogP contribution in [-0.2, 0) is 4.74 Å². The largest absolute Gasteiger partial charge is 0.363 e. The Morgan fingerprint density at radius 3 is 3.08 bits per heavy atom. The lowest BCUT2D eigenvalue weighted by molar-refractivity contribution is 0.0124. The van der Waals surface area contributed by atoms with Gasteiger partial charge in [0.2, 0.25) is 0 Å². The van der Waals surface area contributed by atoms with Crippen LogP contribution in [0.1, 0.15) is 25.7 Å². The molecule has 1 saturated carbocycles. The Morgan fingerprint density at radius 2 is 2.08 bits per heavy atom. The van der Waals surface area contributed by atoms with Crippen LogP contribution in [0.2, 0.25) is 0 Å². The third kappa shape index (κ3) is 0.944. The molecular weight excluding hydrogens is 150 g/mol. The second-order valence-electron chi connectivity index (χ2n) is 4.51. The molecule has 0 amide bonds. The number of piperidine rings is 1. The molecule has 2 heterocycles. The van der Waals surface area contributed by atoms with Gasteiger partial charge in [-0.1, -0.05) is 6.42 Å². The van der Waals surface area contributed by atoms with E-state index in [1.807, 2.05) is 0 Å².